The van der Waals surface area contributed by atoms with Crippen LogP contribution in [-0.4, -0.2) is 39.7 Å². The van der Waals surface area contributed by atoms with Crippen molar-refractivity contribution in [3.8, 4) is 5.69 Å². The van der Waals surface area contributed by atoms with E-state index in [2.05, 4.69) is 5.10 Å². The van der Waals surface area contributed by atoms with Crippen molar-refractivity contribution in [2.24, 2.45) is 5.73 Å². The predicted molar refractivity (Wildman–Crippen MR) is 95.3 cm³/mol. The molecule has 6 nitrogen and oxygen atoms in total. The maximum absolute atomic E-state index is 13.3. The lowest BCUT2D eigenvalue weighted by Crippen LogP contribution is -2.36. The Labute approximate surface area is 159 Å². The molecule has 0 spiro atoms. The minimum Gasteiger partial charge on any atom is -0.336 e. The fourth-order valence-corrected chi connectivity index (χ4v) is 2.96. The molecule has 0 bridgehead atoms. The van der Waals surface area contributed by atoms with Crippen molar-refractivity contribution in [3.63, 3.8) is 0 Å². The number of nitrogens with zero attached hydrogens (tertiary/aromatic N) is 3. The summed E-state index contributed by atoms with van der Waals surface area (Å²) in [6, 6.07) is 5.80. The molecule has 1 aliphatic rings. The fraction of sp³-hybridized carbons (Fsp3) is 0.353. The monoisotopic (exact) mass is 402 g/mol. The zero-order valence-electron chi connectivity index (χ0n) is 14.4. The number of halogens is 4. The highest BCUT2D eigenvalue weighted by atomic mass is 35.5. The van der Waals surface area contributed by atoms with Gasteiger partial charge in [0.05, 0.1) is 11.3 Å². The lowest BCUT2D eigenvalue weighted by atomic mass is 10.1. The van der Waals surface area contributed by atoms with E-state index in [-0.39, 0.29) is 36.4 Å². The molecule has 1 aromatic heterocycles. The van der Waals surface area contributed by atoms with Crippen LogP contribution in [0.4, 0.5) is 13.2 Å². The van der Waals surface area contributed by atoms with E-state index in [1.54, 1.807) is 0 Å². The SMILES string of the molecule is Cc1cc(=O)c(C(=O)N2CC[C@@H](N)C2)nn1-c1ccccc1C(F)(F)F.Cl. The Kier molecular flexibility index (Phi) is 5.96. The van der Waals surface area contributed by atoms with Crippen molar-refractivity contribution in [1.82, 2.24) is 14.7 Å². The van der Waals surface area contributed by atoms with Gasteiger partial charge in [0, 0.05) is 30.9 Å². The van der Waals surface area contributed by atoms with Gasteiger partial charge in [0.1, 0.15) is 0 Å². The summed E-state index contributed by atoms with van der Waals surface area (Å²) in [6.07, 6.45) is -4.00. The van der Waals surface area contributed by atoms with Crippen LogP contribution in [-0.2, 0) is 6.18 Å². The van der Waals surface area contributed by atoms with Crippen LogP contribution < -0.4 is 11.2 Å². The van der Waals surface area contributed by atoms with E-state index in [1.165, 1.54) is 30.0 Å². The molecular weight excluding hydrogens is 385 g/mol. The number of alkyl halides is 3. The molecule has 146 valence electrons. The molecule has 1 saturated heterocycles. The molecule has 0 saturated carbocycles. The van der Waals surface area contributed by atoms with Crippen LogP contribution in [0.3, 0.4) is 0 Å². The third kappa shape index (κ3) is 4.14. The van der Waals surface area contributed by atoms with E-state index in [1.807, 2.05) is 0 Å². The van der Waals surface area contributed by atoms with Gasteiger partial charge in [-0.3, -0.25) is 9.59 Å². The van der Waals surface area contributed by atoms with Crippen molar-refractivity contribution < 1.29 is 18.0 Å². The number of hydrogen-bond donors (Lipinski definition) is 1. The van der Waals surface area contributed by atoms with Crippen LogP contribution in [0.15, 0.2) is 35.1 Å². The summed E-state index contributed by atoms with van der Waals surface area (Å²) >= 11 is 0. The van der Waals surface area contributed by atoms with Gasteiger partial charge < -0.3 is 10.6 Å². The second-order valence-electron chi connectivity index (χ2n) is 6.23. The highest BCUT2D eigenvalue weighted by Gasteiger charge is 2.34. The smallest absolute Gasteiger partial charge is 0.336 e. The second-order valence-corrected chi connectivity index (χ2v) is 6.23. The van der Waals surface area contributed by atoms with Gasteiger partial charge in [-0.15, -0.1) is 12.4 Å². The maximum atomic E-state index is 13.3. The molecular formula is C17H18ClF3N4O2. The number of rotatable bonds is 2. The van der Waals surface area contributed by atoms with Gasteiger partial charge in [-0.1, -0.05) is 12.1 Å². The quantitative estimate of drug-likeness (QED) is 0.834. The maximum Gasteiger partial charge on any atom is 0.418 e. The summed E-state index contributed by atoms with van der Waals surface area (Å²) in [5.41, 5.74) is 3.77. The first-order valence-electron chi connectivity index (χ1n) is 8.01. The highest BCUT2D eigenvalue weighted by molar-refractivity contribution is 5.92. The molecule has 2 aromatic rings. The number of likely N-dealkylation sites (tertiary alicyclic amines) is 1. The summed E-state index contributed by atoms with van der Waals surface area (Å²) in [5.74, 6) is -0.624. The van der Waals surface area contributed by atoms with Gasteiger partial charge in [0.2, 0.25) is 5.43 Å². The summed E-state index contributed by atoms with van der Waals surface area (Å²) < 4.78 is 40.9. The first-order chi connectivity index (χ1) is 12.2. The molecule has 0 unspecified atom stereocenters. The molecule has 27 heavy (non-hydrogen) atoms. The number of amides is 1. The Morgan fingerprint density at radius 1 is 1.30 bits per heavy atom. The third-order valence-electron chi connectivity index (χ3n) is 4.26. The molecule has 0 aliphatic carbocycles. The first-order valence-corrected chi connectivity index (χ1v) is 8.01. The van der Waals surface area contributed by atoms with Crippen LogP contribution in [0.2, 0.25) is 0 Å². The zero-order chi connectivity index (χ0) is 19.1. The van der Waals surface area contributed by atoms with Crippen molar-refractivity contribution in [2.75, 3.05) is 13.1 Å². The highest BCUT2D eigenvalue weighted by Crippen LogP contribution is 2.33. The number of hydrogen-bond acceptors (Lipinski definition) is 4. The average Bonchev–Trinajstić information content (AvgIpc) is 3.00. The standard InChI is InChI=1S/C17H17F3N4O2.ClH/c1-10-8-14(25)15(16(26)23-7-6-11(21)9-23)22-24(10)13-5-3-2-4-12(13)17(18,19)20;/h2-5,8,11H,6-7,9,21H2,1H3;1H/t11-;/m1./s1. The Morgan fingerprint density at radius 3 is 2.56 bits per heavy atom. The third-order valence-corrected chi connectivity index (χ3v) is 4.26. The Hall–Kier alpha value is -2.39. The van der Waals surface area contributed by atoms with Gasteiger partial charge in [0.25, 0.3) is 5.91 Å². The topological polar surface area (TPSA) is 81.2 Å². The molecule has 0 radical (unpaired) electrons. The summed E-state index contributed by atoms with van der Waals surface area (Å²) in [4.78, 5) is 26.2. The van der Waals surface area contributed by atoms with Crippen molar-refractivity contribution in [3.05, 3.63) is 57.5 Å². The van der Waals surface area contributed by atoms with Crippen LogP contribution in [0, 0.1) is 6.92 Å². The Balaban J connectivity index is 0.00000261. The molecule has 2 heterocycles. The normalized spacial score (nSPS) is 16.9. The van der Waals surface area contributed by atoms with E-state index in [0.717, 1.165) is 16.8 Å². The van der Waals surface area contributed by atoms with Gasteiger partial charge in [-0.05, 0) is 25.5 Å². The molecule has 1 amide bonds. The Morgan fingerprint density at radius 2 is 1.96 bits per heavy atom. The van der Waals surface area contributed by atoms with E-state index >= 15 is 0 Å². The average molecular weight is 403 g/mol. The van der Waals surface area contributed by atoms with Crippen LogP contribution in [0.1, 0.15) is 28.2 Å². The lowest BCUT2D eigenvalue weighted by molar-refractivity contribution is -0.137. The number of aromatic nitrogens is 2. The Bertz CT molecular complexity index is 914. The number of carbonyl (C=O) groups excluding carboxylic acids is 1. The molecule has 1 atom stereocenters. The molecule has 1 fully saturated rings. The molecule has 3 rings (SSSR count). The first kappa shape index (κ1) is 20.9. The summed E-state index contributed by atoms with van der Waals surface area (Å²) in [7, 11) is 0. The zero-order valence-corrected chi connectivity index (χ0v) is 15.2. The molecule has 10 heteroatoms. The molecule has 1 aliphatic heterocycles. The van der Waals surface area contributed by atoms with Crippen LogP contribution >= 0.6 is 12.4 Å². The van der Waals surface area contributed by atoms with Gasteiger partial charge in [-0.2, -0.15) is 18.3 Å². The number of carbonyl (C=O) groups is 1. The fourth-order valence-electron chi connectivity index (χ4n) is 2.96. The number of benzene rings is 1. The summed E-state index contributed by atoms with van der Waals surface area (Å²) in [5, 5.41) is 3.96. The van der Waals surface area contributed by atoms with Crippen molar-refractivity contribution >= 4 is 18.3 Å². The van der Waals surface area contributed by atoms with E-state index in [0.29, 0.717) is 13.0 Å². The second kappa shape index (κ2) is 7.69. The minimum absolute atomic E-state index is 0. The molecule has 1 aromatic carbocycles. The van der Waals surface area contributed by atoms with E-state index in [9.17, 15) is 22.8 Å². The summed E-state index contributed by atoms with van der Waals surface area (Å²) in [6.45, 7) is 2.13. The van der Waals surface area contributed by atoms with Crippen LogP contribution in [0.25, 0.3) is 5.69 Å². The minimum atomic E-state index is -4.60. The lowest BCUT2D eigenvalue weighted by Gasteiger charge is -2.18. The van der Waals surface area contributed by atoms with E-state index < -0.39 is 28.8 Å². The van der Waals surface area contributed by atoms with Crippen LogP contribution in [0.5, 0.6) is 0 Å². The number of aryl methyl sites for hydroxylation is 1. The molecule has 2 N–H and O–H groups in total. The largest absolute Gasteiger partial charge is 0.418 e. The van der Waals surface area contributed by atoms with Gasteiger partial charge in [0.15, 0.2) is 5.69 Å². The van der Waals surface area contributed by atoms with Gasteiger partial charge >= 0.3 is 6.18 Å². The number of nitrogens with two attached hydrogens (primary N) is 1. The van der Waals surface area contributed by atoms with Crippen molar-refractivity contribution in [1.29, 1.82) is 0 Å². The predicted octanol–water partition coefficient (Wildman–Crippen LogP) is 2.15. The van der Waals surface area contributed by atoms with E-state index in [4.69, 9.17) is 5.73 Å². The van der Waals surface area contributed by atoms with Gasteiger partial charge in [-0.25, -0.2) is 4.68 Å². The number of para-hydroxylation sites is 1. The van der Waals surface area contributed by atoms with Crippen molar-refractivity contribution in [2.45, 2.75) is 25.6 Å².